The summed E-state index contributed by atoms with van der Waals surface area (Å²) in [6, 6.07) is 13.4. The van der Waals surface area contributed by atoms with E-state index in [-0.39, 0.29) is 10.8 Å². The minimum absolute atomic E-state index is 0.0933. The maximum absolute atomic E-state index is 13.3. The number of amides is 1. The smallest absolute Gasteiger partial charge is 0.264 e. The Morgan fingerprint density at radius 2 is 1.78 bits per heavy atom. The molecule has 0 bridgehead atoms. The Morgan fingerprint density at radius 3 is 2.54 bits per heavy atom. The van der Waals surface area contributed by atoms with Crippen LogP contribution in [-0.2, 0) is 10.0 Å². The van der Waals surface area contributed by atoms with Gasteiger partial charge in [-0.15, -0.1) is 0 Å². The van der Waals surface area contributed by atoms with Crippen LogP contribution in [0.5, 0.6) is 5.75 Å². The summed E-state index contributed by atoms with van der Waals surface area (Å²) in [4.78, 5) is 22.0. The number of nitrogens with zero attached hydrogens (tertiary/aromatic N) is 3. The van der Waals surface area contributed by atoms with Gasteiger partial charge in [0.05, 0.1) is 23.9 Å². The van der Waals surface area contributed by atoms with Gasteiger partial charge in [0.2, 0.25) is 0 Å². The van der Waals surface area contributed by atoms with Crippen LogP contribution < -0.4 is 9.46 Å². The molecule has 3 aromatic rings. The second-order valence-electron chi connectivity index (χ2n) is 9.95. The molecule has 1 saturated heterocycles. The van der Waals surface area contributed by atoms with Gasteiger partial charge in [0, 0.05) is 50.4 Å². The van der Waals surface area contributed by atoms with Crippen molar-refractivity contribution in [3.63, 3.8) is 0 Å². The number of sulfonamides is 1. The summed E-state index contributed by atoms with van der Waals surface area (Å²) in [6.45, 7) is 4.24. The van der Waals surface area contributed by atoms with Gasteiger partial charge < -0.3 is 9.64 Å². The predicted molar refractivity (Wildman–Crippen MR) is 144 cm³/mol. The molecule has 0 unspecified atom stereocenters. The fourth-order valence-electron chi connectivity index (χ4n) is 5.47. The number of benzene rings is 2. The van der Waals surface area contributed by atoms with Crippen molar-refractivity contribution in [2.24, 2.45) is 5.92 Å². The molecule has 1 aromatic heterocycles. The molecule has 1 aliphatic heterocycles. The van der Waals surface area contributed by atoms with E-state index in [9.17, 15) is 13.2 Å². The molecule has 196 valence electrons. The molecule has 0 spiro atoms. The zero-order valence-corrected chi connectivity index (χ0v) is 22.0. The Hall–Kier alpha value is -3.17. The van der Waals surface area contributed by atoms with Crippen LogP contribution in [0.2, 0.25) is 0 Å². The SMILES string of the molecule is COc1cc(NS(=O)(=O)c2cccc3cccnc23)ccc1C(=O)N1CCN(CC2CCCCC2)CC1. The van der Waals surface area contributed by atoms with Crippen LogP contribution in [0, 0.1) is 5.92 Å². The fourth-order valence-corrected chi connectivity index (χ4v) is 6.70. The van der Waals surface area contributed by atoms with Crippen LogP contribution in [0.15, 0.2) is 59.6 Å². The van der Waals surface area contributed by atoms with Gasteiger partial charge in [-0.05, 0) is 43.0 Å². The number of carbonyl (C=O) groups is 1. The van der Waals surface area contributed by atoms with Crippen molar-refractivity contribution in [2.75, 3.05) is 44.6 Å². The van der Waals surface area contributed by atoms with Crippen molar-refractivity contribution in [3.8, 4) is 5.75 Å². The third-order valence-electron chi connectivity index (χ3n) is 7.47. The topological polar surface area (TPSA) is 91.8 Å². The number of rotatable bonds is 7. The van der Waals surface area contributed by atoms with Crippen molar-refractivity contribution in [1.29, 1.82) is 0 Å². The number of carbonyl (C=O) groups excluding carboxylic acids is 1. The first kappa shape index (κ1) is 25.5. The van der Waals surface area contributed by atoms with Crippen LogP contribution in [-0.4, -0.2) is 68.9 Å². The zero-order chi connectivity index (χ0) is 25.8. The molecule has 1 N–H and O–H groups in total. The normalized spacial score (nSPS) is 17.6. The van der Waals surface area contributed by atoms with E-state index in [1.807, 2.05) is 17.0 Å². The average Bonchev–Trinajstić information content (AvgIpc) is 2.93. The van der Waals surface area contributed by atoms with E-state index in [0.717, 1.165) is 30.9 Å². The predicted octanol–water partition coefficient (Wildman–Crippen LogP) is 4.38. The maximum atomic E-state index is 13.3. The lowest BCUT2D eigenvalue weighted by Crippen LogP contribution is -2.49. The standard InChI is InChI=1S/C28H34N4O4S/c1-36-25-19-23(30-37(34,35)26-11-5-9-22-10-6-14-29-27(22)26)12-13-24(25)28(33)32-17-15-31(16-18-32)20-21-7-3-2-4-8-21/h5-6,9-14,19,21,30H,2-4,7-8,15-18,20H2,1H3. The molecule has 0 radical (unpaired) electrons. The van der Waals surface area contributed by atoms with Crippen molar-refractivity contribution in [1.82, 2.24) is 14.8 Å². The van der Waals surface area contributed by atoms with Gasteiger partial charge in [0.15, 0.2) is 0 Å². The lowest BCUT2D eigenvalue weighted by atomic mass is 9.89. The molecule has 2 aliphatic rings. The van der Waals surface area contributed by atoms with Gasteiger partial charge in [0.1, 0.15) is 10.6 Å². The molecule has 2 aromatic carbocycles. The molecule has 0 atom stereocenters. The summed E-state index contributed by atoms with van der Waals surface area (Å²) in [7, 11) is -2.42. The first-order valence-corrected chi connectivity index (χ1v) is 14.5. The van der Waals surface area contributed by atoms with Crippen LogP contribution in [0.4, 0.5) is 5.69 Å². The molecular formula is C28H34N4O4S. The fraction of sp³-hybridized carbons (Fsp3) is 0.429. The number of anilines is 1. The number of methoxy groups -OCH3 is 1. The summed E-state index contributed by atoms with van der Waals surface area (Å²) >= 11 is 0. The number of para-hydroxylation sites is 1. The summed E-state index contributed by atoms with van der Waals surface area (Å²) in [5, 5.41) is 0.739. The highest BCUT2D eigenvalue weighted by molar-refractivity contribution is 7.93. The number of ether oxygens (including phenoxy) is 1. The van der Waals surface area contributed by atoms with Crippen molar-refractivity contribution in [2.45, 2.75) is 37.0 Å². The molecule has 1 aliphatic carbocycles. The third kappa shape index (κ3) is 5.72. The van der Waals surface area contributed by atoms with E-state index in [2.05, 4.69) is 14.6 Å². The number of aromatic nitrogens is 1. The first-order chi connectivity index (χ1) is 17.9. The summed E-state index contributed by atoms with van der Waals surface area (Å²) in [5.41, 5.74) is 1.15. The highest BCUT2D eigenvalue weighted by Crippen LogP contribution is 2.29. The van der Waals surface area contributed by atoms with E-state index in [0.29, 0.717) is 35.6 Å². The van der Waals surface area contributed by atoms with Crippen LogP contribution in [0.1, 0.15) is 42.5 Å². The first-order valence-electron chi connectivity index (χ1n) is 13.0. The van der Waals surface area contributed by atoms with Crippen LogP contribution in [0.25, 0.3) is 10.9 Å². The Bertz CT molecular complexity index is 1360. The monoisotopic (exact) mass is 522 g/mol. The molecule has 8 nitrogen and oxygen atoms in total. The number of pyridine rings is 1. The van der Waals surface area contributed by atoms with Gasteiger partial charge in [0.25, 0.3) is 15.9 Å². The highest BCUT2D eigenvalue weighted by atomic mass is 32.2. The molecular weight excluding hydrogens is 488 g/mol. The lowest BCUT2D eigenvalue weighted by Gasteiger charge is -2.37. The van der Waals surface area contributed by atoms with E-state index in [1.165, 1.54) is 45.3 Å². The Labute approximate surface area is 218 Å². The Kier molecular flexibility index (Phi) is 7.62. The summed E-state index contributed by atoms with van der Waals surface area (Å²) in [5.74, 6) is 1.03. The highest BCUT2D eigenvalue weighted by Gasteiger charge is 2.27. The molecule has 5 rings (SSSR count). The second kappa shape index (κ2) is 11.1. The van der Waals surface area contributed by atoms with Crippen LogP contribution in [0.3, 0.4) is 0 Å². The Morgan fingerprint density at radius 1 is 1.03 bits per heavy atom. The molecule has 2 fully saturated rings. The number of hydrogen-bond acceptors (Lipinski definition) is 6. The lowest BCUT2D eigenvalue weighted by molar-refractivity contribution is 0.0603. The van der Waals surface area contributed by atoms with Crippen molar-refractivity contribution < 1.29 is 17.9 Å². The number of hydrogen-bond donors (Lipinski definition) is 1. The molecule has 1 amide bonds. The van der Waals surface area contributed by atoms with E-state index in [1.54, 1.807) is 36.5 Å². The zero-order valence-electron chi connectivity index (χ0n) is 21.2. The third-order valence-corrected chi connectivity index (χ3v) is 8.88. The van der Waals surface area contributed by atoms with Gasteiger partial charge >= 0.3 is 0 Å². The quantitative estimate of drug-likeness (QED) is 0.495. The molecule has 37 heavy (non-hydrogen) atoms. The second-order valence-corrected chi connectivity index (χ2v) is 11.6. The molecule has 2 heterocycles. The van der Waals surface area contributed by atoms with Gasteiger partial charge in [-0.3, -0.25) is 19.4 Å². The minimum atomic E-state index is -3.91. The minimum Gasteiger partial charge on any atom is -0.496 e. The Balaban J connectivity index is 1.27. The van der Waals surface area contributed by atoms with Crippen molar-refractivity contribution in [3.05, 3.63) is 60.3 Å². The molecule has 9 heteroatoms. The largest absolute Gasteiger partial charge is 0.496 e. The van der Waals surface area contributed by atoms with E-state index < -0.39 is 10.0 Å². The maximum Gasteiger partial charge on any atom is 0.264 e. The number of piperazine rings is 1. The van der Waals surface area contributed by atoms with Gasteiger partial charge in [-0.25, -0.2) is 8.42 Å². The van der Waals surface area contributed by atoms with Gasteiger partial charge in [-0.1, -0.05) is 37.5 Å². The number of nitrogens with one attached hydrogen (secondary N) is 1. The van der Waals surface area contributed by atoms with Gasteiger partial charge in [-0.2, -0.15) is 0 Å². The summed E-state index contributed by atoms with van der Waals surface area (Å²) in [6.07, 6.45) is 8.26. The van der Waals surface area contributed by atoms with Crippen LogP contribution >= 0.6 is 0 Å². The van der Waals surface area contributed by atoms with Crippen molar-refractivity contribution >= 4 is 32.5 Å². The van der Waals surface area contributed by atoms with E-state index >= 15 is 0 Å². The average molecular weight is 523 g/mol. The summed E-state index contributed by atoms with van der Waals surface area (Å²) < 4.78 is 34.5. The number of fused-ring (bicyclic) bond motifs is 1. The van der Waals surface area contributed by atoms with E-state index in [4.69, 9.17) is 4.74 Å². The molecule has 1 saturated carbocycles.